The number of rotatable bonds is 4. The standard InChI is InChI=1S/C12H16BrNO3S/c13-11-4-1-3-10-9(11)6-7-14-12(10)5-2-8-18(15,16)17/h1,3-4,12,14H,2,5-8H2,(H,15,16,17). The van der Waals surface area contributed by atoms with Gasteiger partial charge in [-0.1, -0.05) is 28.1 Å². The minimum Gasteiger partial charge on any atom is -0.310 e. The van der Waals surface area contributed by atoms with E-state index in [1.54, 1.807) is 0 Å². The van der Waals surface area contributed by atoms with Crippen molar-refractivity contribution in [3.8, 4) is 0 Å². The first-order chi connectivity index (χ1) is 8.47. The summed E-state index contributed by atoms with van der Waals surface area (Å²) in [6.45, 7) is 0.895. The highest BCUT2D eigenvalue weighted by molar-refractivity contribution is 9.10. The molecule has 1 unspecified atom stereocenters. The Morgan fingerprint density at radius 3 is 2.94 bits per heavy atom. The zero-order valence-corrected chi connectivity index (χ0v) is 12.3. The molecule has 6 heteroatoms. The maximum Gasteiger partial charge on any atom is 0.264 e. The summed E-state index contributed by atoms with van der Waals surface area (Å²) in [6.07, 6.45) is 2.15. The highest BCUT2D eigenvalue weighted by atomic mass is 79.9. The first-order valence-corrected chi connectivity index (χ1v) is 8.33. The van der Waals surface area contributed by atoms with Crippen LogP contribution in [0, 0.1) is 0 Å². The van der Waals surface area contributed by atoms with Crippen molar-refractivity contribution in [1.82, 2.24) is 5.32 Å². The van der Waals surface area contributed by atoms with Crippen molar-refractivity contribution in [2.45, 2.75) is 25.3 Å². The third kappa shape index (κ3) is 3.54. The van der Waals surface area contributed by atoms with Gasteiger partial charge < -0.3 is 5.32 Å². The summed E-state index contributed by atoms with van der Waals surface area (Å²) >= 11 is 3.55. The van der Waals surface area contributed by atoms with Crippen LogP contribution >= 0.6 is 15.9 Å². The predicted molar refractivity (Wildman–Crippen MR) is 74.2 cm³/mol. The molecule has 4 nitrogen and oxygen atoms in total. The normalized spacial score (nSPS) is 19.6. The van der Waals surface area contributed by atoms with Gasteiger partial charge in [-0.2, -0.15) is 8.42 Å². The number of halogens is 1. The Kier molecular flexibility index (Phi) is 4.42. The highest BCUT2D eigenvalue weighted by Crippen LogP contribution is 2.31. The van der Waals surface area contributed by atoms with Gasteiger partial charge in [0.1, 0.15) is 0 Å². The monoisotopic (exact) mass is 333 g/mol. The van der Waals surface area contributed by atoms with Gasteiger partial charge in [0, 0.05) is 10.5 Å². The summed E-state index contributed by atoms with van der Waals surface area (Å²) in [5, 5.41) is 3.39. The first kappa shape index (κ1) is 14.0. The summed E-state index contributed by atoms with van der Waals surface area (Å²) in [7, 11) is -3.85. The molecular weight excluding hydrogens is 318 g/mol. The van der Waals surface area contributed by atoms with Gasteiger partial charge in [-0.15, -0.1) is 0 Å². The van der Waals surface area contributed by atoms with Crippen molar-refractivity contribution in [1.29, 1.82) is 0 Å². The fourth-order valence-electron chi connectivity index (χ4n) is 2.37. The van der Waals surface area contributed by atoms with Crippen LogP contribution in [0.1, 0.15) is 30.0 Å². The minimum absolute atomic E-state index is 0.172. The molecule has 0 saturated heterocycles. The van der Waals surface area contributed by atoms with Gasteiger partial charge in [-0.3, -0.25) is 4.55 Å². The number of nitrogens with one attached hydrogen (secondary N) is 1. The van der Waals surface area contributed by atoms with Crippen LogP contribution in [0.5, 0.6) is 0 Å². The average molecular weight is 334 g/mol. The maximum atomic E-state index is 10.7. The van der Waals surface area contributed by atoms with E-state index in [9.17, 15) is 8.42 Å². The molecule has 1 aliphatic heterocycles. The van der Waals surface area contributed by atoms with Crippen LogP contribution in [-0.4, -0.2) is 25.3 Å². The lowest BCUT2D eigenvalue weighted by atomic mass is 9.92. The topological polar surface area (TPSA) is 66.4 Å². The Balaban J connectivity index is 2.06. The van der Waals surface area contributed by atoms with E-state index in [1.165, 1.54) is 11.1 Å². The fraction of sp³-hybridized carbons (Fsp3) is 0.500. The quantitative estimate of drug-likeness (QED) is 0.830. The van der Waals surface area contributed by atoms with Crippen LogP contribution in [0.25, 0.3) is 0 Å². The highest BCUT2D eigenvalue weighted by Gasteiger charge is 2.21. The van der Waals surface area contributed by atoms with Crippen LogP contribution in [-0.2, 0) is 16.5 Å². The van der Waals surface area contributed by atoms with E-state index in [2.05, 4.69) is 27.3 Å². The molecule has 1 aliphatic rings. The van der Waals surface area contributed by atoms with E-state index in [1.807, 2.05) is 12.1 Å². The molecule has 0 spiro atoms. The molecule has 18 heavy (non-hydrogen) atoms. The van der Waals surface area contributed by atoms with Crippen molar-refractivity contribution in [2.24, 2.45) is 0 Å². The minimum atomic E-state index is -3.85. The summed E-state index contributed by atoms with van der Waals surface area (Å²) in [6, 6.07) is 6.27. The lowest BCUT2D eigenvalue weighted by Gasteiger charge is -2.27. The predicted octanol–water partition coefficient (Wildman–Crippen LogP) is 2.30. The van der Waals surface area contributed by atoms with E-state index in [0.717, 1.165) is 17.4 Å². The van der Waals surface area contributed by atoms with E-state index in [4.69, 9.17) is 4.55 Å². The first-order valence-electron chi connectivity index (χ1n) is 5.93. The van der Waals surface area contributed by atoms with Crippen LogP contribution in [0.15, 0.2) is 22.7 Å². The lowest BCUT2D eigenvalue weighted by Crippen LogP contribution is -2.30. The van der Waals surface area contributed by atoms with Crippen molar-refractivity contribution in [3.05, 3.63) is 33.8 Å². The summed E-state index contributed by atoms with van der Waals surface area (Å²) < 4.78 is 31.2. The number of hydrogen-bond acceptors (Lipinski definition) is 3. The summed E-state index contributed by atoms with van der Waals surface area (Å²) in [5.74, 6) is -0.172. The van der Waals surface area contributed by atoms with Gasteiger partial charge in [0.15, 0.2) is 0 Å². The van der Waals surface area contributed by atoms with Gasteiger partial charge in [0.2, 0.25) is 0 Å². The second kappa shape index (κ2) is 5.69. The third-order valence-electron chi connectivity index (χ3n) is 3.19. The second-order valence-corrected chi connectivity index (χ2v) is 6.92. The van der Waals surface area contributed by atoms with E-state index in [-0.39, 0.29) is 11.8 Å². The molecule has 2 rings (SSSR count). The molecule has 1 atom stereocenters. The molecule has 0 aromatic heterocycles. The molecule has 1 aromatic carbocycles. The van der Waals surface area contributed by atoms with Crippen LogP contribution < -0.4 is 5.32 Å². The SMILES string of the molecule is O=S(=O)(O)CCCC1NCCc2c(Br)cccc21. The molecular formula is C12H16BrNO3S. The van der Waals surface area contributed by atoms with E-state index >= 15 is 0 Å². The van der Waals surface area contributed by atoms with Crippen molar-refractivity contribution in [2.75, 3.05) is 12.3 Å². The molecule has 0 radical (unpaired) electrons. The van der Waals surface area contributed by atoms with Crippen LogP contribution in [0.3, 0.4) is 0 Å². The molecule has 1 heterocycles. The molecule has 0 bridgehead atoms. The smallest absolute Gasteiger partial charge is 0.264 e. The number of fused-ring (bicyclic) bond motifs is 1. The van der Waals surface area contributed by atoms with E-state index < -0.39 is 10.1 Å². The zero-order valence-electron chi connectivity index (χ0n) is 9.89. The fourth-order valence-corrected chi connectivity index (χ4v) is 3.49. The van der Waals surface area contributed by atoms with Gasteiger partial charge in [-0.05, 0) is 43.0 Å². The van der Waals surface area contributed by atoms with Gasteiger partial charge in [0.25, 0.3) is 10.1 Å². The Bertz CT molecular complexity index is 530. The average Bonchev–Trinajstić information content (AvgIpc) is 2.29. The lowest BCUT2D eigenvalue weighted by molar-refractivity contribution is 0.455. The molecule has 2 N–H and O–H groups in total. The Morgan fingerprint density at radius 2 is 2.22 bits per heavy atom. The zero-order chi connectivity index (χ0) is 13.2. The van der Waals surface area contributed by atoms with Crippen LogP contribution in [0.2, 0.25) is 0 Å². The van der Waals surface area contributed by atoms with Gasteiger partial charge >= 0.3 is 0 Å². The van der Waals surface area contributed by atoms with Gasteiger partial charge in [-0.25, -0.2) is 0 Å². The molecule has 0 amide bonds. The molecule has 100 valence electrons. The number of hydrogen-bond donors (Lipinski definition) is 2. The number of benzene rings is 1. The Labute approximate surface area is 116 Å². The van der Waals surface area contributed by atoms with Crippen molar-refractivity contribution in [3.63, 3.8) is 0 Å². The second-order valence-electron chi connectivity index (χ2n) is 4.49. The molecule has 1 aromatic rings. The van der Waals surface area contributed by atoms with E-state index in [0.29, 0.717) is 12.8 Å². The van der Waals surface area contributed by atoms with Crippen molar-refractivity contribution >= 4 is 26.0 Å². The molecule has 0 aliphatic carbocycles. The van der Waals surface area contributed by atoms with Gasteiger partial charge in [0.05, 0.1) is 5.75 Å². The Morgan fingerprint density at radius 1 is 1.44 bits per heavy atom. The van der Waals surface area contributed by atoms with Crippen LogP contribution in [0.4, 0.5) is 0 Å². The van der Waals surface area contributed by atoms with Crippen molar-refractivity contribution < 1.29 is 13.0 Å². The Hall–Kier alpha value is -0.430. The molecule has 0 fully saturated rings. The largest absolute Gasteiger partial charge is 0.310 e. The maximum absolute atomic E-state index is 10.7. The third-order valence-corrected chi connectivity index (χ3v) is 4.74. The summed E-state index contributed by atoms with van der Waals surface area (Å²) in [4.78, 5) is 0. The molecule has 0 saturated carbocycles. The summed E-state index contributed by atoms with van der Waals surface area (Å²) in [5.41, 5.74) is 2.53.